The zero-order valence-electron chi connectivity index (χ0n) is 21.5. The molecule has 2 aromatic heterocycles. The van der Waals surface area contributed by atoms with E-state index in [2.05, 4.69) is 31.4 Å². The largest absolute Gasteiger partial charge is 0.497 e. The number of carbonyl (C=O) groups excluding carboxylic acids is 1. The summed E-state index contributed by atoms with van der Waals surface area (Å²) in [5.41, 5.74) is 2.58. The molecule has 8 heteroatoms. The van der Waals surface area contributed by atoms with Crippen LogP contribution in [0, 0.1) is 5.92 Å². The van der Waals surface area contributed by atoms with Crippen LogP contribution in [0.25, 0.3) is 16.9 Å². The van der Waals surface area contributed by atoms with E-state index in [9.17, 15) is 14.7 Å². The van der Waals surface area contributed by atoms with Crippen molar-refractivity contribution in [3.63, 3.8) is 0 Å². The standard InChI is InChI=1S/C28H36N4O4/c1-28(2,3)31-26-25(19-10-12-21(36-4)13-11-19)30-23-16-20(14-15-32(23)26)27(35)29-22(17-24(33)34)18-8-6-5-7-9-18/h10-16,18,22,31H,5-9,17H2,1-4H3,(H,29,35)(H,33,34). The SMILES string of the molecule is COc1ccc(-c2nc3cc(C(=O)NC(CC(=O)O)C4CCCCC4)ccn3c2NC(C)(C)C)cc1. The molecule has 1 saturated carbocycles. The van der Waals surface area contributed by atoms with Crippen molar-refractivity contribution in [2.24, 2.45) is 5.92 Å². The van der Waals surface area contributed by atoms with Gasteiger partial charge in [0.2, 0.25) is 0 Å². The van der Waals surface area contributed by atoms with Gasteiger partial charge in [0, 0.05) is 28.9 Å². The van der Waals surface area contributed by atoms with Crippen molar-refractivity contribution in [2.45, 2.75) is 70.9 Å². The summed E-state index contributed by atoms with van der Waals surface area (Å²) in [6, 6.07) is 10.9. The normalized spacial score (nSPS) is 15.4. The lowest BCUT2D eigenvalue weighted by molar-refractivity contribution is -0.137. The summed E-state index contributed by atoms with van der Waals surface area (Å²) in [5, 5.41) is 16.0. The lowest BCUT2D eigenvalue weighted by atomic mass is 9.82. The molecule has 8 nitrogen and oxygen atoms in total. The van der Waals surface area contributed by atoms with Gasteiger partial charge in [0.25, 0.3) is 5.91 Å². The number of aliphatic carboxylic acids is 1. The molecule has 2 heterocycles. The Morgan fingerprint density at radius 2 is 1.83 bits per heavy atom. The molecule has 1 atom stereocenters. The number of nitrogens with zero attached hydrogens (tertiary/aromatic N) is 2. The molecule has 1 aromatic carbocycles. The van der Waals surface area contributed by atoms with Gasteiger partial charge in [-0.1, -0.05) is 19.3 Å². The molecule has 3 N–H and O–H groups in total. The Morgan fingerprint density at radius 3 is 2.44 bits per heavy atom. The van der Waals surface area contributed by atoms with Crippen molar-refractivity contribution in [1.82, 2.24) is 14.7 Å². The van der Waals surface area contributed by atoms with Crippen molar-refractivity contribution in [3.8, 4) is 17.0 Å². The van der Waals surface area contributed by atoms with E-state index in [4.69, 9.17) is 9.72 Å². The van der Waals surface area contributed by atoms with Gasteiger partial charge in [-0.25, -0.2) is 4.98 Å². The van der Waals surface area contributed by atoms with Crippen LogP contribution in [0.15, 0.2) is 42.6 Å². The number of aromatic nitrogens is 2. The molecule has 0 bridgehead atoms. The lowest BCUT2D eigenvalue weighted by Gasteiger charge is -2.30. The summed E-state index contributed by atoms with van der Waals surface area (Å²) in [6.07, 6.45) is 6.99. The van der Waals surface area contributed by atoms with Gasteiger partial charge in [0.1, 0.15) is 22.9 Å². The zero-order chi connectivity index (χ0) is 25.9. The van der Waals surface area contributed by atoms with Crippen LogP contribution in [0.5, 0.6) is 5.75 Å². The van der Waals surface area contributed by atoms with Crippen LogP contribution in [-0.4, -0.2) is 45.1 Å². The number of nitrogens with one attached hydrogen (secondary N) is 2. The van der Waals surface area contributed by atoms with E-state index in [-0.39, 0.29) is 29.8 Å². The third-order valence-corrected chi connectivity index (χ3v) is 6.68. The molecule has 4 rings (SSSR count). The molecule has 3 aromatic rings. The van der Waals surface area contributed by atoms with Crippen LogP contribution < -0.4 is 15.4 Å². The maximum Gasteiger partial charge on any atom is 0.305 e. The number of pyridine rings is 1. The van der Waals surface area contributed by atoms with E-state index >= 15 is 0 Å². The van der Waals surface area contributed by atoms with Crippen LogP contribution in [0.3, 0.4) is 0 Å². The van der Waals surface area contributed by atoms with E-state index in [0.29, 0.717) is 11.2 Å². The molecule has 0 aliphatic heterocycles. The minimum absolute atomic E-state index is 0.0662. The van der Waals surface area contributed by atoms with Crippen molar-refractivity contribution >= 4 is 23.3 Å². The van der Waals surface area contributed by atoms with Gasteiger partial charge in [-0.3, -0.25) is 14.0 Å². The van der Waals surface area contributed by atoms with Gasteiger partial charge >= 0.3 is 5.97 Å². The van der Waals surface area contributed by atoms with Crippen LogP contribution in [0.4, 0.5) is 5.82 Å². The molecular weight excluding hydrogens is 456 g/mol. The fourth-order valence-corrected chi connectivity index (χ4v) is 4.92. The van der Waals surface area contributed by atoms with Crippen LogP contribution in [-0.2, 0) is 4.79 Å². The van der Waals surface area contributed by atoms with Gasteiger partial charge in [0.15, 0.2) is 0 Å². The molecule has 0 radical (unpaired) electrons. The first-order chi connectivity index (χ1) is 17.1. The number of rotatable bonds is 8. The second-order valence-electron chi connectivity index (χ2n) is 10.6. The Morgan fingerprint density at radius 1 is 1.14 bits per heavy atom. The molecule has 1 unspecified atom stereocenters. The summed E-state index contributed by atoms with van der Waals surface area (Å²) in [4.78, 5) is 29.6. The maximum atomic E-state index is 13.2. The minimum Gasteiger partial charge on any atom is -0.497 e. The van der Waals surface area contributed by atoms with Crippen LogP contribution in [0.2, 0.25) is 0 Å². The van der Waals surface area contributed by atoms with Crippen molar-refractivity contribution in [1.29, 1.82) is 0 Å². The van der Waals surface area contributed by atoms with E-state index in [1.54, 1.807) is 19.2 Å². The Bertz CT molecular complexity index is 1220. The van der Waals surface area contributed by atoms with Gasteiger partial charge in [0.05, 0.1) is 13.5 Å². The number of carbonyl (C=O) groups is 2. The van der Waals surface area contributed by atoms with E-state index in [1.165, 1.54) is 6.42 Å². The average molecular weight is 493 g/mol. The number of methoxy groups -OCH3 is 1. The maximum absolute atomic E-state index is 13.2. The number of benzene rings is 1. The highest BCUT2D eigenvalue weighted by Crippen LogP contribution is 2.32. The number of imidazole rings is 1. The lowest BCUT2D eigenvalue weighted by Crippen LogP contribution is -2.42. The second-order valence-corrected chi connectivity index (χ2v) is 10.6. The van der Waals surface area contributed by atoms with Crippen molar-refractivity contribution < 1.29 is 19.4 Å². The third kappa shape index (κ3) is 5.98. The number of carboxylic acids is 1. The quantitative estimate of drug-likeness (QED) is 0.390. The monoisotopic (exact) mass is 492 g/mol. The summed E-state index contributed by atoms with van der Waals surface area (Å²) < 4.78 is 7.24. The third-order valence-electron chi connectivity index (χ3n) is 6.68. The number of fused-ring (bicyclic) bond motifs is 1. The zero-order valence-corrected chi connectivity index (χ0v) is 21.5. The molecule has 1 aliphatic rings. The predicted octanol–water partition coefficient (Wildman–Crippen LogP) is 5.37. The summed E-state index contributed by atoms with van der Waals surface area (Å²) in [7, 11) is 1.63. The van der Waals surface area contributed by atoms with Crippen LogP contribution >= 0.6 is 0 Å². The van der Waals surface area contributed by atoms with Gasteiger partial charge in [-0.05, 0) is 75.9 Å². The molecule has 1 fully saturated rings. The van der Waals surface area contributed by atoms with E-state index in [1.807, 2.05) is 34.9 Å². The first-order valence-electron chi connectivity index (χ1n) is 12.6. The number of carboxylic acid groups (broad SMARTS) is 1. The molecule has 0 spiro atoms. The highest BCUT2D eigenvalue weighted by Gasteiger charge is 2.28. The Hall–Kier alpha value is -3.55. The minimum atomic E-state index is -0.892. The average Bonchev–Trinajstić information content (AvgIpc) is 3.20. The summed E-state index contributed by atoms with van der Waals surface area (Å²) in [5.74, 6) is 0.629. The number of ether oxygens (including phenoxy) is 1. The highest BCUT2D eigenvalue weighted by atomic mass is 16.5. The topological polar surface area (TPSA) is 105 Å². The first-order valence-corrected chi connectivity index (χ1v) is 12.6. The number of anilines is 1. The van der Waals surface area contributed by atoms with Crippen LogP contribution in [0.1, 0.15) is 69.7 Å². The molecule has 0 saturated heterocycles. The Labute approximate surface area is 212 Å². The highest BCUT2D eigenvalue weighted by molar-refractivity contribution is 5.96. The summed E-state index contributed by atoms with van der Waals surface area (Å²) >= 11 is 0. The molecular formula is C28H36N4O4. The summed E-state index contributed by atoms with van der Waals surface area (Å²) in [6.45, 7) is 6.25. The van der Waals surface area contributed by atoms with Crippen molar-refractivity contribution in [2.75, 3.05) is 12.4 Å². The number of amides is 1. The van der Waals surface area contributed by atoms with Gasteiger partial charge < -0.3 is 20.5 Å². The van der Waals surface area contributed by atoms with Crippen molar-refractivity contribution in [3.05, 3.63) is 48.2 Å². The Balaban J connectivity index is 1.66. The van der Waals surface area contributed by atoms with Gasteiger partial charge in [-0.15, -0.1) is 0 Å². The first kappa shape index (κ1) is 25.5. The molecule has 1 amide bonds. The Kier molecular flexibility index (Phi) is 7.52. The predicted molar refractivity (Wildman–Crippen MR) is 141 cm³/mol. The second kappa shape index (κ2) is 10.6. The van der Waals surface area contributed by atoms with E-state index < -0.39 is 5.97 Å². The fraction of sp³-hybridized carbons (Fsp3) is 0.464. The fourth-order valence-electron chi connectivity index (χ4n) is 4.92. The molecule has 192 valence electrons. The smallest absolute Gasteiger partial charge is 0.305 e. The number of hydrogen-bond acceptors (Lipinski definition) is 5. The van der Waals surface area contributed by atoms with Gasteiger partial charge in [-0.2, -0.15) is 0 Å². The molecule has 1 aliphatic carbocycles. The van der Waals surface area contributed by atoms with E-state index in [0.717, 1.165) is 48.5 Å². The number of hydrogen-bond donors (Lipinski definition) is 3. The molecule has 36 heavy (non-hydrogen) atoms.